The number of carbonyl (C=O) groups excluding carboxylic acids is 1. The van der Waals surface area contributed by atoms with Crippen molar-refractivity contribution in [1.82, 2.24) is 0 Å². The van der Waals surface area contributed by atoms with E-state index in [2.05, 4.69) is 17.4 Å². The zero-order valence-corrected chi connectivity index (χ0v) is 9.47. The van der Waals surface area contributed by atoms with Gasteiger partial charge in [-0.3, -0.25) is 0 Å². The van der Waals surface area contributed by atoms with Gasteiger partial charge in [-0.25, -0.2) is 4.79 Å². The van der Waals surface area contributed by atoms with Crippen molar-refractivity contribution in [1.29, 1.82) is 5.26 Å². The highest BCUT2D eigenvalue weighted by Crippen LogP contribution is 2.22. The molecule has 0 fully saturated rings. The SMILES string of the molecule is CCc1c(C(=O)OC)ccc(S)c1C#N. The van der Waals surface area contributed by atoms with Gasteiger partial charge >= 0.3 is 5.97 Å². The molecule has 0 heterocycles. The molecule has 0 aromatic heterocycles. The average Bonchev–Trinajstić information content (AvgIpc) is 2.27. The molecule has 0 spiro atoms. The van der Waals surface area contributed by atoms with Gasteiger partial charge in [-0.15, -0.1) is 12.6 Å². The van der Waals surface area contributed by atoms with Crippen molar-refractivity contribution >= 4 is 18.6 Å². The van der Waals surface area contributed by atoms with Crippen molar-refractivity contribution in [3.8, 4) is 6.07 Å². The Balaban J connectivity index is 3.43. The zero-order valence-electron chi connectivity index (χ0n) is 8.57. The van der Waals surface area contributed by atoms with Crippen LogP contribution >= 0.6 is 12.6 Å². The van der Waals surface area contributed by atoms with Gasteiger partial charge in [-0.1, -0.05) is 6.92 Å². The molecule has 1 aromatic carbocycles. The molecule has 0 aliphatic carbocycles. The molecule has 78 valence electrons. The highest BCUT2D eigenvalue weighted by molar-refractivity contribution is 7.80. The number of ether oxygens (including phenoxy) is 1. The van der Waals surface area contributed by atoms with E-state index in [1.165, 1.54) is 7.11 Å². The molecule has 0 aliphatic rings. The smallest absolute Gasteiger partial charge is 0.338 e. The number of hydrogen-bond acceptors (Lipinski definition) is 4. The highest BCUT2D eigenvalue weighted by Gasteiger charge is 2.15. The van der Waals surface area contributed by atoms with Crippen molar-refractivity contribution in [3.05, 3.63) is 28.8 Å². The molecule has 1 rings (SSSR count). The third-order valence-electron chi connectivity index (χ3n) is 2.16. The topological polar surface area (TPSA) is 50.1 Å². The monoisotopic (exact) mass is 221 g/mol. The lowest BCUT2D eigenvalue weighted by molar-refractivity contribution is 0.0599. The molecule has 1 aromatic rings. The van der Waals surface area contributed by atoms with E-state index in [0.717, 1.165) is 0 Å². The van der Waals surface area contributed by atoms with Crippen molar-refractivity contribution in [2.45, 2.75) is 18.2 Å². The molecular formula is C11H11NO2S. The number of benzene rings is 1. The van der Waals surface area contributed by atoms with E-state index in [1.54, 1.807) is 12.1 Å². The molecule has 0 saturated carbocycles. The number of methoxy groups -OCH3 is 1. The maximum absolute atomic E-state index is 11.4. The molecule has 0 N–H and O–H groups in total. The fourth-order valence-corrected chi connectivity index (χ4v) is 1.69. The summed E-state index contributed by atoms with van der Waals surface area (Å²) in [5.41, 5.74) is 1.58. The van der Waals surface area contributed by atoms with Crippen LogP contribution in [0.5, 0.6) is 0 Å². The Morgan fingerprint density at radius 1 is 1.60 bits per heavy atom. The normalized spacial score (nSPS) is 9.47. The second-order valence-corrected chi connectivity index (χ2v) is 3.42. The Hall–Kier alpha value is -1.47. The minimum Gasteiger partial charge on any atom is -0.465 e. The molecule has 0 saturated heterocycles. The Labute approximate surface area is 94.1 Å². The van der Waals surface area contributed by atoms with Gasteiger partial charge in [0.15, 0.2) is 0 Å². The van der Waals surface area contributed by atoms with Gasteiger partial charge in [0.2, 0.25) is 0 Å². The Kier molecular flexibility index (Phi) is 3.75. The van der Waals surface area contributed by atoms with Crippen molar-refractivity contribution in [2.75, 3.05) is 7.11 Å². The predicted octanol–water partition coefficient (Wildman–Crippen LogP) is 2.20. The Bertz CT molecular complexity index is 435. The molecule has 0 radical (unpaired) electrons. The van der Waals surface area contributed by atoms with E-state index < -0.39 is 5.97 Å². The van der Waals surface area contributed by atoms with Gasteiger partial charge in [0.25, 0.3) is 0 Å². The average molecular weight is 221 g/mol. The van der Waals surface area contributed by atoms with E-state index in [1.807, 2.05) is 13.0 Å². The Morgan fingerprint density at radius 2 is 2.27 bits per heavy atom. The van der Waals surface area contributed by atoms with E-state index >= 15 is 0 Å². The molecule has 0 atom stereocenters. The number of rotatable bonds is 2. The number of nitrogens with zero attached hydrogens (tertiary/aromatic N) is 1. The first kappa shape index (κ1) is 11.6. The molecule has 15 heavy (non-hydrogen) atoms. The summed E-state index contributed by atoms with van der Waals surface area (Å²) in [4.78, 5) is 12.0. The summed E-state index contributed by atoms with van der Waals surface area (Å²) in [5, 5.41) is 8.96. The van der Waals surface area contributed by atoms with E-state index in [0.29, 0.717) is 28.0 Å². The van der Waals surface area contributed by atoms with Crippen LogP contribution in [0.4, 0.5) is 0 Å². The molecule has 0 bridgehead atoms. The summed E-state index contributed by atoms with van der Waals surface area (Å²) < 4.78 is 4.64. The summed E-state index contributed by atoms with van der Waals surface area (Å²) >= 11 is 4.17. The van der Waals surface area contributed by atoms with Crippen LogP contribution in [0.2, 0.25) is 0 Å². The van der Waals surface area contributed by atoms with Gasteiger partial charge in [0, 0.05) is 4.90 Å². The van der Waals surface area contributed by atoms with Crippen LogP contribution in [0.25, 0.3) is 0 Å². The first-order valence-electron chi connectivity index (χ1n) is 4.49. The van der Waals surface area contributed by atoms with Gasteiger partial charge in [0.05, 0.1) is 18.2 Å². The van der Waals surface area contributed by atoms with Crippen LogP contribution in [0.3, 0.4) is 0 Å². The third kappa shape index (κ3) is 2.13. The molecule has 4 heteroatoms. The number of esters is 1. The quantitative estimate of drug-likeness (QED) is 0.615. The third-order valence-corrected chi connectivity index (χ3v) is 2.53. The lowest BCUT2D eigenvalue weighted by atomic mass is 9.99. The summed E-state index contributed by atoms with van der Waals surface area (Å²) in [6.45, 7) is 1.88. The van der Waals surface area contributed by atoms with Crippen molar-refractivity contribution < 1.29 is 9.53 Å². The van der Waals surface area contributed by atoms with E-state index in [9.17, 15) is 4.79 Å². The van der Waals surface area contributed by atoms with Gasteiger partial charge < -0.3 is 4.74 Å². The predicted molar refractivity (Wildman–Crippen MR) is 59.1 cm³/mol. The first-order chi connectivity index (χ1) is 7.15. The number of nitriles is 1. The summed E-state index contributed by atoms with van der Waals surface area (Å²) in [6, 6.07) is 5.31. The number of thiol groups is 1. The minimum absolute atomic E-state index is 0.420. The Morgan fingerprint density at radius 3 is 2.73 bits per heavy atom. The molecule has 0 unspecified atom stereocenters. The summed E-state index contributed by atoms with van der Waals surface area (Å²) in [5.74, 6) is -0.420. The van der Waals surface area contributed by atoms with Crippen LogP contribution in [-0.4, -0.2) is 13.1 Å². The second-order valence-electron chi connectivity index (χ2n) is 2.94. The highest BCUT2D eigenvalue weighted by atomic mass is 32.1. The van der Waals surface area contributed by atoms with Crippen LogP contribution < -0.4 is 0 Å². The lowest BCUT2D eigenvalue weighted by Gasteiger charge is -2.09. The standard InChI is InChI=1S/C11H11NO2S/c1-3-7-8(11(13)14-2)4-5-10(15)9(7)6-12/h4-5,15H,3H2,1-2H3. The van der Waals surface area contributed by atoms with Crippen molar-refractivity contribution in [2.24, 2.45) is 0 Å². The van der Waals surface area contributed by atoms with Gasteiger partial charge in [0.1, 0.15) is 6.07 Å². The maximum atomic E-state index is 11.4. The van der Waals surface area contributed by atoms with Crippen LogP contribution in [0.15, 0.2) is 17.0 Å². The van der Waals surface area contributed by atoms with Crippen LogP contribution in [0, 0.1) is 11.3 Å². The summed E-state index contributed by atoms with van der Waals surface area (Å²) in [6.07, 6.45) is 0.599. The number of carbonyl (C=O) groups is 1. The van der Waals surface area contributed by atoms with E-state index in [4.69, 9.17) is 5.26 Å². The molecule has 3 nitrogen and oxygen atoms in total. The van der Waals surface area contributed by atoms with Gasteiger partial charge in [-0.05, 0) is 24.1 Å². The fourth-order valence-electron chi connectivity index (χ4n) is 1.43. The van der Waals surface area contributed by atoms with Crippen LogP contribution in [0.1, 0.15) is 28.4 Å². The van der Waals surface area contributed by atoms with Crippen LogP contribution in [-0.2, 0) is 11.2 Å². The lowest BCUT2D eigenvalue weighted by Crippen LogP contribution is -2.07. The van der Waals surface area contributed by atoms with E-state index in [-0.39, 0.29) is 0 Å². The fraction of sp³-hybridized carbons (Fsp3) is 0.273. The van der Waals surface area contributed by atoms with Crippen molar-refractivity contribution in [3.63, 3.8) is 0 Å². The number of hydrogen-bond donors (Lipinski definition) is 1. The maximum Gasteiger partial charge on any atom is 0.338 e. The largest absolute Gasteiger partial charge is 0.465 e. The first-order valence-corrected chi connectivity index (χ1v) is 4.93. The van der Waals surface area contributed by atoms with Gasteiger partial charge in [-0.2, -0.15) is 5.26 Å². The molecule has 0 amide bonds. The second kappa shape index (κ2) is 4.85. The minimum atomic E-state index is -0.420. The zero-order chi connectivity index (χ0) is 11.4. The molecule has 0 aliphatic heterocycles. The summed E-state index contributed by atoms with van der Waals surface area (Å²) in [7, 11) is 1.32. The molecular weight excluding hydrogens is 210 g/mol.